The quantitative estimate of drug-likeness (QED) is 0.199. The van der Waals surface area contributed by atoms with E-state index in [-0.39, 0.29) is 11.1 Å². The molecule has 0 N–H and O–H groups in total. The molecule has 0 radical (unpaired) electrons. The van der Waals surface area contributed by atoms with Crippen LogP contribution in [0.3, 0.4) is 0 Å². The van der Waals surface area contributed by atoms with Gasteiger partial charge in [0.05, 0.1) is 12.8 Å². The van der Waals surface area contributed by atoms with Crippen LogP contribution >= 0.6 is 31.5 Å². The summed E-state index contributed by atoms with van der Waals surface area (Å²) in [6.07, 6.45) is -10.7. The number of hydrogen-bond donors (Lipinski definition) is 0. The molecule has 0 fully saturated rings. The van der Waals surface area contributed by atoms with Crippen LogP contribution in [-0.4, -0.2) is 12.4 Å². The fourth-order valence-electron chi connectivity index (χ4n) is 2.24. The van der Waals surface area contributed by atoms with Crippen LogP contribution in [0.15, 0.2) is 60.7 Å². The van der Waals surface area contributed by atoms with E-state index in [0.717, 1.165) is 0 Å². The molecule has 0 amide bonds. The Morgan fingerprint density at radius 3 is 1.31 bits per heavy atom. The van der Waals surface area contributed by atoms with E-state index >= 15 is 0 Å². The molecule has 0 aliphatic carbocycles. The van der Waals surface area contributed by atoms with Crippen LogP contribution < -0.4 is 0 Å². The third-order valence-corrected chi connectivity index (χ3v) is 4.84. The van der Waals surface area contributed by atoms with E-state index in [1.165, 1.54) is 48.5 Å². The molecule has 0 heterocycles. The van der Waals surface area contributed by atoms with Crippen molar-refractivity contribution in [1.82, 2.24) is 0 Å². The Hall–Kier alpha value is -2.22. The van der Waals surface area contributed by atoms with Crippen molar-refractivity contribution in [2.45, 2.75) is 25.2 Å². The highest BCUT2D eigenvalue weighted by Gasteiger charge is 2.32. The normalized spacial score (nSPS) is 13.7. The lowest BCUT2D eigenvalue weighted by Gasteiger charge is -2.06. The third kappa shape index (κ3) is 9.51. The second kappa shape index (κ2) is 11.1. The van der Waals surface area contributed by atoms with Gasteiger partial charge in [0, 0.05) is 25.7 Å². The number of benzene rings is 2. The first-order valence-corrected chi connectivity index (χ1v) is 10.6. The second-order valence-corrected chi connectivity index (χ2v) is 7.88. The Morgan fingerprint density at radius 2 is 1.03 bits per heavy atom. The molecule has 2 aromatic rings. The first-order valence-electron chi connectivity index (χ1n) is 8.71. The summed E-state index contributed by atoms with van der Waals surface area (Å²) in [5.41, 5.74) is 0.218. The van der Waals surface area contributed by atoms with Gasteiger partial charge in [-0.15, -0.1) is 0 Å². The summed E-state index contributed by atoms with van der Waals surface area (Å²) in [6.45, 7) is 0. The number of allylic oxidation sites excluding steroid dienone is 2. The Morgan fingerprint density at radius 1 is 0.719 bits per heavy atom. The fourth-order valence-corrected chi connectivity index (χ4v) is 3.21. The van der Waals surface area contributed by atoms with Crippen molar-refractivity contribution in [2.75, 3.05) is 0 Å². The lowest BCUT2D eigenvalue weighted by Crippen LogP contribution is -2.05. The fraction of sp³-hybridized carbons (Fsp3) is 0.200. The van der Waals surface area contributed by atoms with Crippen LogP contribution in [0.1, 0.15) is 24.0 Å². The van der Waals surface area contributed by atoms with Gasteiger partial charge in [0.1, 0.15) is 0 Å². The molecule has 0 aliphatic heterocycles. The molecule has 12 heteroatoms. The van der Waals surface area contributed by atoms with Gasteiger partial charge in [-0.05, 0) is 60.7 Å². The zero-order valence-electron chi connectivity index (χ0n) is 15.9. The lowest BCUT2D eigenvalue weighted by molar-refractivity contribution is -0.125. The van der Waals surface area contributed by atoms with Crippen LogP contribution in [0.25, 0.3) is 11.5 Å². The average Bonchev–Trinajstić information content (AvgIpc) is 2.68. The van der Waals surface area contributed by atoms with E-state index in [0.29, 0.717) is 22.2 Å². The van der Waals surface area contributed by atoms with Gasteiger partial charge >= 0.3 is 20.6 Å². The largest absolute Gasteiger partial charge is 0.805 e. The predicted molar refractivity (Wildman–Crippen MR) is 110 cm³/mol. The molecule has 0 aromatic heterocycles. The summed E-state index contributed by atoms with van der Waals surface area (Å²) >= 11 is 11.5. The molecule has 0 saturated heterocycles. The van der Waals surface area contributed by atoms with Crippen molar-refractivity contribution >= 4 is 43.0 Å². The molecule has 3 nitrogen and oxygen atoms in total. The Labute approximate surface area is 190 Å². The molecule has 0 bridgehead atoms. The highest BCUT2D eigenvalue weighted by Crippen LogP contribution is 2.39. The average molecular weight is 518 g/mol. The van der Waals surface area contributed by atoms with E-state index in [1.807, 2.05) is 0 Å². The highest BCUT2D eigenvalue weighted by molar-refractivity contribution is 7.34. The van der Waals surface area contributed by atoms with Gasteiger partial charge in [-0.2, -0.15) is 26.3 Å². The van der Waals surface area contributed by atoms with Crippen LogP contribution in [0.4, 0.5) is 26.3 Å². The summed E-state index contributed by atoms with van der Waals surface area (Å²) in [5, 5.41) is 0.592. The van der Waals surface area contributed by atoms with Crippen LogP contribution in [0, 0.1) is 0 Å². The molecular formula is C20H14Cl2F6O3P+. The van der Waals surface area contributed by atoms with Crippen molar-refractivity contribution in [3.05, 3.63) is 81.9 Å². The van der Waals surface area contributed by atoms with E-state index in [9.17, 15) is 30.9 Å². The van der Waals surface area contributed by atoms with E-state index in [1.54, 1.807) is 0 Å². The van der Waals surface area contributed by atoms with Gasteiger partial charge in [0.15, 0.2) is 11.5 Å². The molecule has 172 valence electrons. The van der Waals surface area contributed by atoms with Crippen molar-refractivity contribution in [3.8, 4) is 0 Å². The third-order valence-electron chi connectivity index (χ3n) is 3.64. The van der Waals surface area contributed by atoms with Crippen LogP contribution in [0.2, 0.25) is 10.0 Å². The summed E-state index contributed by atoms with van der Waals surface area (Å²) in [4.78, 5) is 0. The molecule has 0 spiro atoms. The molecule has 0 unspecified atom stereocenters. The SMILES string of the molecule is O=[P+](OC(=CCC(F)(F)F)c1ccc(Cl)cc1)OC(=CCC(F)(F)F)c1ccc(Cl)cc1. The topological polar surface area (TPSA) is 35.5 Å². The maximum atomic E-state index is 12.7. The monoisotopic (exact) mass is 517 g/mol. The molecule has 0 aliphatic rings. The Kier molecular flexibility index (Phi) is 9.01. The molecular weight excluding hydrogens is 504 g/mol. The van der Waals surface area contributed by atoms with E-state index in [4.69, 9.17) is 32.2 Å². The van der Waals surface area contributed by atoms with Crippen molar-refractivity contribution in [2.24, 2.45) is 0 Å². The van der Waals surface area contributed by atoms with Crippen LogP contribution in [-0.2, 0) is 13.6 Å². The molecule has 2 aromatic carbocycles. The van der Waals surface area contributed by atoms with Crippen LogP contribution in [0.5, 0.6) is 0 Å². The standard InChI is InChI=1S/C20H14Cl2F6O3P/c21-15-5-1-13(2-6-15)17(9-11-19(23,24)25)30-32(29)31-18(10-12-20(26,27)28)14-3-7-16(22)8-4-14/h1-10H,11-12H2/q+1. The lowest BCUT2D eigenvalue weighted by atomic mass is 10.1. The van der Waals surface area contributed by atoms with Gasteiger partial charge in [-0.25, -0.2) is 9.05 Å². The first kappa shape index (κ1) is 26.0. The van der Waals surface area contributed by atoms with Gasteiger partial charge in [-0.3, -0.25) is 0 Å². The maximum absolute atomic E-state index is 12.7. The van der Waals surface area contributed by atoms with Crippen molar-refractivity contribution in [1.29, 1.82) is 0 Å². The van der Waals surface area contributed by atoms with E-state index < -0.39 is 45.0 Å². The van der Waals surface area contributed by atoms with Crippen molar-refractivity contribution in [3.63, 3.8) is 0 Å². The number of alkyl halides is 6. The molecule has 0 atom stereocenters. The van der Waals surface area contributed by atoms with Gasteiger partial charge < -0.3 is 0 Å². The maximum Gasteiger partial charge on any atom is 0.805 e. The van der Waals surface area contributed by atoms with Gasteiger partial charge in [-0.1, -0.05) is 23.2 Å². The highest BCUT2D eigenvalue weighted by atomic mass is 35.5. The number of rotatable bonds is 8. The van der Waals surface area contributed by atoms with Crippen molar-refractivity contribution < 1.29 is 40.0 Å². The minimum absolute atomic E-state index is 0.109. The Bertz CT molecular complexity index is 905. The number of halogens is 8. The molecule has 32 heavy (non-hydrogen) atoms. The summed E-state index contributed by atoms with van der Waals surface area (Å²) < 4.78 is 98.4. The van der Waals surface area contributed by atoms with Gasteiger partial charge in [0.2, 0.25) is 0 Å². The zero-order valence-corrected chi connectivity index (χ0v) is 18.3. The molecule has 2 rings (SSSR count). The zero-order chi connectivity index (χ0) is 23.9. The summed E-state index contributed by atoms with van der Waals surface area (Å²) in [7, 11) is -3.20. The van der Waals surface area contributed by atoms with E-state index in [2.05, 4.69) is 0 Å². The minimum Gasteiger partial charge on any atom is -0.222 e. The smallest absolute Gasteiger partial charge is 0.222 e. The summed E-state index contributed by atoms with van der Waals surface area (Å²) in [5.74, 6) is -0.877. The minimum atomic E-state index is -4.57. The predicted octanol–water partition coefficient (Wildman–Crippen LogP) is 8.97. The second-order valence-electron chi connectivity index (χ2n) is 6.20. The first-order chi connectivity index (χ1) is 14.8. The van der Waals surface area contributed by atoms with Gasteiger partial charge in [0.25, 0.3) is 0 Å². The summed E-state index contributed by atoms with van der Waals surface area (Å²) in [6, 6.07) is 10.8. The Balaban J connectivity index is 2.28. The number of hydrogen-bond acceptors (Lipinski definition) is 3. The molecule has 0 saturated carbocycles.